The second-order valence-corrected chi connectivity index (χ2v) is 5.03. The Bertz CT molecular complexity index is 785. The van der Waals surface area contributed by atoms with E-state index in [9.17, 15) is 9.59 Å². The van der Waals surface area contributed by atoms with Gasteiger partial charge >= 0.3 is 5.97 Å². The summed E-state index contributed by atoms with van der Waals surface area (Å²) < 4.78 is 5.30. The van der Waals surface area contributed by atoms with E-state index in [1.54, 1.807) is 31.2 Å². The molecule has 0 amide bonds. The Morgan fingerprint density at radius 1 is 0.952 bits per heavy atom. The molecule has 2 aromatic rings. The Hall–Kier alpha value is -2.68. The fourth-order valence-electron chi connectivity index (χ4n) is 2.47. The van der Waals surface area contributed by atoms with Crippen molar-refractivity contribution in [3.05, 3.63) is 76.4 Å². The molecule has 1 heterocycles. The summed E-state index contributed by atoms with van der Waals surface area (Å²) in [6.07, 6.45) is 0. The molecule has 0 aliphatic carbocycles. The molecule has 0 fully saturated rings. The summed E-state index contributed by atoms with van der Waals surface area (Å²) in [4.78, 5) is 24.5. The molecule has 1 aliphatic heterocycles. The van der Waals surface area contributed by atoms with Crippen molar-refractivity contribution in [3.8, 4) is 0 Å². The lowest BCUT2D eigenvalue weighted by Crippen LogP contribution is -2.05. The van der Waals surface area contributed by atoms with Gasteiger partial charge in [-0.05, 0) is 25.5 Å². The van der Waals surface area contributed by atoms with Crippen molar-refractivity contribution in [1.82, 2.24) is 0 Å². The first-order chi connectivity index (χ1) is 10.1. The molecular weight excluding hydrogens is 264 g/mol. The highest BCUT2D eigenvalue weighted by molar-refractivity contribution is 6.16. The van der Waals surface area contributed by atoms with E-state index in [-0.39, 0.29) is 5.78 Å². The zero-order valence-electron chi connectivity index (χ0n) is 11.8. The van der Waals surface area contributed by atoms with Crippen LogP contribution in [-0.2, 0) is 4.74 Å². The van der Waals surface area contributed by atoms with Crippen LogP contribution in [0.3, 0.4) is 0 Å². The molecule has 0 unspecified atom stereocenters. The maximum Gasteiger partial charge on any atom is 0.344 e. The smallest absolute Gasteiger partial charge is 0.344 e. The fourth-order valence-corrected chi connectivity index (χ4v) is 2.47. The summed E-state index contributed by atoms with van der Waals surface area (Å²) in [6, 6.07) is 14.5. The van der Waals surface area contributed by atoms with Crippen LogP contribution in [0.2, 0.25) is 0 Å². The third-order valence-electron chi connectivity index (χ3n) is 3.66. The highest BCUT2D eigenvalue weighted by atomic mass is 16.5. The molecule has 0 N–H and O–H groups in total. The van der Waals surface area contributed by atoms with E-state index in [0.29, 0.717) is 28.0 Å². The molecule has 0 atom stereocenters. The highest BCUT2D eigenvalue weighted by Crippen LogP contribution is 2.33. The van der Waals surface area contributed by atoms with Gasteiger partial charge < -0.3 is 4.74 Å². The zero-order chi connectivity index (χ0) is 15.0. The topological polar surface area (TPSA) is 43.4 Å². The molecule has 21 heavy (non-hydrogen) atoms. The zero-order valence-corrected chi connectivity index (χ0v) is 11.8. The van der Waals surface area contributed by atoms with Gasteiger partial charge in [0, 0.05) is 16.7 Å². The largest absolute Gasteiger partial charge is 0.422 e. The van der Waals surface area contributed by atoms with Crippen LogP contribution in [0.15, 0.2) is 54.1 Å². The summed E-state index contributed by atoms with van der Waals surface area (Å²) in [5.74, 6) is -0.158. The Kier molecular flexibility index (Phi) is 3.18. The standard InChI is InChI=1S/C18H14O3/c1-11-7-3-4-8-13(11)16(19)12(2)17-14-9-5-6-10-15(14)18(20)21-17/h3-10H,1-2H3/b17-12-. The average Bonchev–Trinajstić information content (AvgIpc) is 2.84. The first-order valence-electron chi connectivity index (χ1n) is 6.72. The number of hydrogen-bond acceptors (Lipinski definition) is 3. The Balaban J connectivity index is 2.10. The van der Waals surface area contributed by atoms with Crippen molar-refractivity contribution in [2.24, 2.45) is 0 Å². The van der Waals surface area contributed by atoms with Gasteiger partial charge in [-0.3, -0.25) is 4.79 Å². The van der Waals surface area contributed by atoms with Gasteiger partial charge in [-0.25, -0.2) is 4.79 Å². The minimum absolute atomic E-state index is 0.118. The van der Waals surface area contributed by atoms with E-state index < -0.39 is 5.97 Å². The van der Waals surface area contributed by atoms with Crippen molar-refractivity contribution >= 4 is 17.5 Å². The number of cyclic esters (lactones) is 1. The minimum Gasteiger partial charge on any atom is -0.422 e. The lowest BCUT2D eigenvalue weighted by atomic mass is 9.97. The number of allylic oxidation sites excluding steroid dienone is 1. The van der Waals surface area contributed by atoms with Gasteiger partial charge in [-0.15, -0.1) is 0 Å². The number of ether oxygens (including phenoxy) is 1. The number of fused-ring (bicyclic) bond motifs is 1. The highest BCUT2D eigenvalue weighted by Gasteiger charge is 2.29. The molecular formula is C18H14O3. The van der Waals surface area contributed by atoms with Crippen LogP contribution >= 0.6 is 0 Å². The molecule has 1 aliphatic rings. The molecule has 0 saturated heterocycles. The normalized spacial score (nSPS) is 15.4. The monoisotopic (exact) mass is 278 g/mol. The number of aryl methyl sites for hydroxylation is 1. The van der Waals surface area contributed by atoms with Crippen LogP contribution < -0.4 is 0 Å². The Morgan fingerprint density at radius 3 is 2.29 bits per heavy atom. The maximum absolute atomic E-state index is 12.6. The molecule has 0 saturated carbocycles. The fraction of sp³-hybridized carbons (Fsp3) is 0.111. The van der Waals surface area contributed by atoms with Crippen molar-refractivity contribution in [2.75, 3.05) is 0 Å². The van der Waals surface area contributed by atoms with E-state index in [1.807, 2.05) is 31.2 Å². The van der Waals surface area contributed by atoms with Crippen LogP contribution in [0.1, 0.15) is 38.8 Å². The number of ketones is 1. The van der Waals surface area contributed by atoms with Crippen molar-refractivity contribution in [3.63, 3.8) is 0 Å². The molecule has 104 valence electrons. The second-order valence-electron chi connectivity index (χ2n) is 5.03. The van der Waals surface area contributed by atoms with Crippen molar-refractivity contribution in [1.29, 1.82) is 0 Å². The number of rotatable bonds is 2. The summed E-state index contributed by atoms with van der Waals surface area (Å²) >= 11 is 0. The second kappa shape index (κ2) is 5.02. The quantitative estimate of drug-likeness (QED) is 0.477. The van der Waals surface area contributed by atoms with E-state index in [4.69, 9.17) is 4.74 Å². The van der Waals surface area contributed by atoms with Gasteiger partial charge in [0.2, 0.25) is 0 Å². The number of hydrogen-bond donors (Lipinski definition) is 0. The van der Waals surface area contributed by atoms with Crippen LogP contribution in [0.25, 0.3) is 5.76 Å². The third-order valence-corrected chi connectivity index (χ3v) is 3.66. The molecule has 0 bridgehead atoms. The summed E-state index contributed by atoms with van der Waals surface area (Å²) in [5.41, 5.74) is 3.16. The van der Waals surface area contributed by atoms with E-state index in [0.717, 1.165) is 5.56 Å². The molecule has 0 spiro atoms. The molecule has 0 radical (unpaired) electrons. The maximum atomic E-state index is 12.6. The van der Waals surface area contributed by atoms with E-state index >= 15 is 0 Å². The molecule has 2 aromatic carbocycles. The third kappa shape index (κ3) is 2.17. The predicted octanol–water partition coefficient (Wildman–Crippen LogP) is 3.78. The van der Waals surface area contributed by atoms with Gasteiger partial charge in [0.1, 0.15) is 5.76 Å². The van der Waals surface area contributed by atoms with Crippen molar-refractivity contribution in [2.45, 2.75) is 13.8 Å². The van der Waals surface area contributed by atoms with E-state index in [2.05, 4.69) is 0 Å². The Morgan fingerprint density at radius 2 is 1.57 bits per heavy atom. The van der Waals surface area contributed by atoms with Gasteiger partial charge in [0.25, 0.3) is 0 Å². The SMILES string of the molecule is C/C(C(=O)c1ccccc1C)=C1/OC(=O)c2ccccc21. The van der Waals surface area contributed by atoms with Crippen LogP contribution in [0.5, 0.6) is 0 Å². The van der Waals surface area contributed by atoms with Gasteiger partial charge in [0.05, 0.1) is 5.56 Å². The molecule has 3 nitrogen and oxygen atoms in total. The number of Topliss-reactive ketones (excluding diaryl/α,β-unsaturated/α-hetero) is 1. The number of carbonyl (C=O) groups excluding carboxylic acids is 2. The number of esters is 1. The summed E-state index contributed by atoms with van der Waals surface area (Å²) in [6.45, 7) is 3.58. The summed E-state index contributed by atoms with van der Waals surface area (Å²) in [7, 11) is 0. The molecule has 3 rings (SSSR count). The molecule has 0 aromatic heterocycles. The number of carbonyl (C=O) groups is 2. The van der Waals surface area contributed by atoms with Crippen LogP contribution in [0.4, 0.5) is 0 Å². The first-order valence-corrected chi connectivity index (χ1v) is 6.72. The minimum atomic E-state index is -0.405. The molecule has 3 heteroatoms. The lowest BCUT2D eigenvalue weighted by Gasteiger charge is -2.07. The van der Waals surface area contributed by atoms with Gasteiger partial charge in [-0.1, -0.05) is 42.5 Å². The van der Waals surface area contributed by atoms with Crippen LogP contribution in [0, 0.1) is 6.92 Å². The first kappa shape index (κ1) is 13.3. The van der Waals surface area contributed by atoms with Gasteiger partial charge in [0.15, 0.2) is 5.78 Å². The van der Waals surface area contributed by atoms with Crippen molar-refractivity contribution < 1.29 is 14.3 Å². The van der Waals surface area contributed by atoms with Crippen LogP contribution in [-0.4, -0.2) is 11.8 Å². The summed E-state index contributed by atoms with van der Waals surface area (Å²) in [5, 5.41) is 0. The number of benzene rings is 2. The van der Waals surface area contributed by atoms with Gasteiger partial charge in [-0.2, -0.15) is 0 Å². The van der Waals surface area contributed by atoms with E-state index in [1.165, 1.54) is 0 Å². The Labute approximate surface area is 122 Å². The lowest BCUT2D eigenvalue weighted by molar-refractivity contribution is 0.0714. The predicted molar refractivity (Wildman–Crippen MR) is 80.0 cm³/mol. The average molecular weight is 278 g/mol.